The van der Waals surface area contributed by atoms with Crippen LogP contribution < -0.4 is 5.73 Å². The number of nitrogens with zero attached hydrogens (tertiary/aromatic N) is 2. The second-order valence-corrected chi connectivity index (χ2v) is 3.10. The maximum atomic E-state index is 9.73. The van der Waals surface area contributed by atoms with Crippen molar-refractivity contribution in [1.82, 2.24) is 15.2 Å². The average Bonchev–Trinajstić information content (AvgIpc) is 2.61. The number of nitrogens with one attached hydrogen (secondary N) is 1. The summed E-state index contributed by atoms with van der Waals surface area (Å²) >= 11 is 0. The predicted octanol–water partition coefficient (Wildman–Crippen LogP) is 0.340. The third kappa shape index (κ3) is 1.47. The lowest BCUT2D eigenvalue weighted by Gasteiger charge is -2.06. The molecule has 14 heavy (non-hydrogen) atoms. The third-order valence-corrected chi connectivity index (χ3v) is 2.13. The van der Waals surface area contributed by atoms with E-state index in [0.717, 1.165) is 5.39 Å². The molecule has 0 aromatic carbocycles. The molecule has 2 aromatic rings. The van der Waals surface area contributed by atoms with Gasteiger partial charge in [-0.25, -0.2) is 4.98 Å². The summed E-state index contributed by atoms with van der Waals surface area (Å²) in [5.74, 6) is 0. The van der Waals surface area contributed by atoms with E-state index >= 15 is 0 Å². The molecular weight excluding hydrogens is 180 g/mol. The molecule has 0 radical (unpaired) electrons. The number of pyridine rings is 1. The lowest BCUT2D eigenvalue weighted by Crippen LogP contribution is -2.07. The predicted molar refractivity (Wildman–Crippen MR) is 52.5 cm³/mol. The van der Waals surface area contributed by atoms with Crippen molar-refractivity contribution in [1.29, 1.82) is 0 Å². The van der Waals surface area contributed by atoms with Gasteiger partial charge in [-0.15, -0.1) is 0 Å². The molecule has 74 valence electrons. The summed E-state index contributed by atoms with van der Waals surface area (Å²) in [6, 6.07) is 3.69. The zero-order chi connectivity index (χ0) is 9.97. The molecule has 0 aliphatic heterocycles. The van der Waals surface area contributed by atoms with E-state index in [0.29, 0.717) is 24.3 Å². The molecular formula is C9H12N4O. The van der Waals surface area contributed by atoms with Crippen LogP contribution in [0.4, 0.5) is 0 Å². The first-order valence-electron chi connectivity index (χ1n) is 4.50. The highest BCUT2D eigenvalue weighted by Gasteiger charge is 2.13. The van der Waals surface area contributed by atoms with Crippen molar-refractivity contribution in [3.8, 4) is 0 Å². The third-order valence-electron chi connectivity index (χ3n) is 2.13. The van der Waals surface area contributed by atoms with Crippen LogP contribution >= 0.6 is 0 Å². The van der Waals surface area contributed by atoms with E-state index < -0.39 is 6.10 Å². The summed E-state index contributed by atoms with van der Waals surface area (Å²) < 4.78 is 0. The summed E-state index contributed by atoms with van der Waals surface area (Å²) in [5.41, 5.74) is 6.69. The highest BCUT2D eigenvalue weighted by molar-refractivity contribution is 5.77. The van der Waals surface area contributed by atoms with Gasteiger partial charge in [-0.05, 0) is 25.1 Å². The standard InChI is InChI=1S/C9H12N4O/c10-4-3-7(14)8-6-2-1-5-11-9(6)13-12-8/h1-2,5,7,14H,3-4,10H2,(H,11,12,13). The molecule has 4 N–H and O–H groups in total. The molecule has 1 atom stereocenters. The molecule has 0 saturated carbocycles. The highest BCUT2D eigenvalue weighted by atomic mass is 16.3. The first kappa shape index (κ1) is 9.11. The second kappa shape index (κ2) is 3.73. The number of H-pyrrole nitrogens is 1. The van der Waals surface area contributed by atoms with Crippen molar-refractivity contribution < 1.29 is 5.11 Å². The van der Waals surface area contributed by atoms with E-state index in [1.807, 2.05) is 12.1 Å². The Morgan fingerprint density at radius 3 is 3.21 bits per heavy atom. The lowest BCUT2D eigenvalue weighted by atomic mass is 10.1. The van der Waals surface area contributed by atoms with E-state index in [1.54, 1.807) is 6.20 Å². The number of aliphatic hydroxyl groups excluding tert-OH is 1. The molecule has 2 aromatic heterocycles. The first-order chi connectivity index (χ1) is 6.83. The highest BCUT2D eigenvalue weighted by Crippen LogP contribution is 2.21. The Balaban J connectivity index is 2.42. The van der Waals surface area contributed by atoms with Crippen LogP contribution in [0.5, 0.6) is 0 Å². The Labute approximate surface area is 81.0 Å². The largest absolute Gasteiger partial charge is 0.387 e. The van der Waals surface area contributed by atoms with Crippen LogP contribution in [0.15, 0.2) is 18.3 Å². The van der Waals surface area contributed by atoms with Crippen molar-refractivity contribution in [2.24, 2.45) is 5.73 Å². The zero-order valence-corrected chi connectivity index (χ0v) is 7.64. The summed E-state index contributed by atoms with van der Waals surface area (Å²) in [6.45, 7) is 0.446. The topological polar surface area (TPSA) is 87.8 Å². The lowest BCUT2D eigenvalue weighted by molar-refractivity contribution is 0.167. The van der Waals surface area contributed by atoms with Crippen LogP contribution in [0, 0.1) is 0 Å². The van der Waals surface area contributed by atoms with Crippen molar-refractivity contribution in [3.05, 3.63) is 24.0 Å². The molecule has 0 bridgehead atoms. The fourth-order valence-corrected chi connectivity index (χ4v) is 1.43. The fraction of sp³-hybridized carbons (Fsp3) is 0.333. The molecule has 1 unspecified atom stereocenters. The normalized spacial score (nSPS) is 13.3. The number of aromatic amines is 1. The van der Waals surface area contributed by atoms with Crippen LogP contribution in [-0.4, -0.2) is 26.8 Å². The number of hydrogen-bond acceptors (Lipinski definition) is 4. The minimum absolute atomic E-state index is 0.446. The summed E-state index contributed by atoms with van der Waals surface area (Å²) in [7, 11) is 0. The molecule has 0 fully saturated rings. The van der Waals surface area contributed by atoms with E-state index in [-0.39, 0.29) is 0 Å². The molecule has 0 saturated heterocycles. The SMILES string of the molecule is NCCC(O)c1[nH]nc2ncccc12. The van der Waals surface area contributed by atoms with Gasteiger partial charge in [0.1, 0.15) is 0 Å². The van der Waals surface area contributed by atoms with Crippen LogP contribution in [0.25, 0.3) is 11.0 Å². The van der Waals surface area contributed by atoms with Gasteiger partial charge in [-0.3, -0.25) is 5.10 Å². The van der Waals surface area contributed by atoms with Gasteiger partial charge in [-0.1, -0.05) is 0 Å². The van der Waals surface area contributed by atoms with Gasteiger partial charge in [0.05, 0.1) is 11.8 Å². The number of aliphatic hydroxyl groups is 1. The van der Waals surface area contributed by atoms with Gasteiger partial charge in [0.2, 0.25) is 0 Å². The smallest absolute Gasteiger partial charge is 0.181 e. The fourth-order valence-electron chi connectivity index (χ4n) is 1.43. The number of aromatic nitrogens is 3. The van der Waals surface area contributed by atoms with Crippen molar-refractivity contribution in [3.63, 3.8) is 0 Å². The Hall–Kier alpha value is -1.46. The van der Waals surface area contributed by atoms with Crippen LogP contribution in [0.3, 0.4) is 0 Å². The average molecular weight is 192 g/mol. The number of hydrogen-bond donors (Lipinski definition) is 3. The quantitative estimate of drug-likeness (QED) is 0.654. The van der Waals surface area contributed by atoms with Gasteiger partial charge in [0, 0.05) is 11.6 Å². The van der Waals surface area contributed by atoms with Gasteiger partial charge < -0.3 is 10.8 Å². The monoisotopic (exact) mass is 192 g/mol. The van der Waals surface area contributed by atoms with E-state index in [4.69, 9.17) is 5.73 Å². The molecule has 2 heterocycles. The Morgan fingerprint density at radius 2 is 2.43 bits per heavy atom. The number of fused-ring (bicyclic) bond motifs is 1. The molecule has 5 nitrogen and oxygen atoms in total. The molecule has 0 aliphatic rings. The Bertz CT molecular complexity index is 425. The minimum Gasteiger partial charge on any atom is -0.387 e. The molecule has 0 amide bonds. The van der Waals surface area contributed by atoms with Gasteiger partial charge >= 0.3 is 0 Å². The van der Waals surface area contributed by atoms with E-state index in [2.05, 4.69) is 15.2 Å². The number of rotatable bonds is 3. The summed E-state index contributed by atoms with van der Waals surface area (Å²) in [5, 5.41) is 17.3. The van der Waals surface area contributed by atoms with Crippen molar-refractivity contribution in [2.45, 2.75) is 12.5 Å². The molecule has 2 rings (SSSR count). The maximum Gasteiger partial charge on any atom is 0.181 e. The van der Waals surface area contributed by atoms with Crippen LogP contribution in [0.2, 0.25) is 0 Å². The van der Waals surface area contributed by atoms with E-state index in [9.17, 15) is 5.11 Å². The molecule has 0 spiro atoms. The first-order valence-corrected chi connectivity index (χ1v) is 4.50. The number of nitrogens with two attached hydrogens (primary N) is 1. The van der Waals surface area contributed by atoms with Crippen LogP contribution in [-0.2, 0) is 0 Å². The second-order valence-electron chi connectivity index (χ2n) is 3.10. The Kier molecular flexibility index (Phi) is 2.43. The van der Waals surface area contributed by atoms with Crippen molar-refractivity contribution in [2.75, 3.05) is 6.54 Å². The summed E-state index contributed by atoms with van der Waals surface area (Å²) in [6.07, 6.45) is 1.60. The zero-order valence-electron chi connectivity index (χ0n) is 7.64. The molecule has 5 heteroatoms. The van der Waals surface area contributed by atoms with Gasteiger partial charge in [-0.2, -0.15) is 5.10 Å². The minimum atomic E-state index is -0.589. The maximum absolute atomic E-state index is 9.73. The van der Waals surface area contributed by atoms with Crippen LogP contribution in [0.1, 0.15) is 18.2 Å². The van der Waals surface area contributed by atoms with E-state index in [1.165, 1.54) is 0 Å². The van der Waals surface area contributed by atoms with Gasteiger partial charge in [0.15, 0.2) is 5.65 Å². The van der Waals surface area contributed by atoms with Gasteiger partial charge in [0.25, 0.3) is 0 Å². The molecule has 0 aliphatic carbocycles. The summed E-state index contributed by atoms with van der Waals surface area (Å²) in [4.78, 5) is 4.06. The Morgan fingerprint density at radius 1 is 1.57 bits per heavy atom. The van der Waals surface area contributed by atoms with Crippen molar-refractivity contribution >= 4 is 11.0 Å².